The predicted octanol–water partition coefficient (Wildman–Crippen LogP) is 3.92. The number of hydrogen-bond acceptors (Lipinski definition) is 3. The number of halogens is 1. The SMILES string of the molecule is O=C(CSCc1ccc(Cl)cc1)NC(Cc1ccccc1)C(=O)N1CCCC1. The van der Waals surface area contributed by atoms with Crippen molar-refractivity contribution >= 4 is 35.2 Å². The third-order valence-corrected chi connectivity index (χ3v) is 6.00. The second kappa shape index (κ2) is 10.5. The van der Waals surface area contributed by atoms with Crippen molar-refractivity contribution in [2.24, 2.45) is 0 Å². The molecular formula is C22H25ClN2O2S. The summed E-state index contributed by atoms with van der Waals surface area (Å²) in [5, 5.41) is 3.67. The summed E-state index contributed by atoms with van der Waals surface area (Å²) >= 11 is 7.43. The van der Waals surface area contributed by atoms with Crippen LogP contribution in [0.2, 0.25) is 5.02 Å². The largest absolute Gasteiger partial charge is 0.343 e. The summed E-state index contributed by atoms with van der Waals surface area (Å²) in [5.41, 5.74) is 2.17. The van der Waals surface area contributed by atoms with Crippen LogP contribution in [-0.4, -0.2) is 41.6 Å². The van der Waals surface area contributed by atoms with Crippen LogP contribution >= 0.6 is 23.4 Å². The molecule has 0 spiro atoms. The molecule has 6 heteroatoms. The van der Waals surface area contributed by atoms with Gasteiger partial charge in [-0.05, 0) is 36.1 Å². The molecule has 1 N–H and O–H groups in total. The fourth-order valence-corrected chi connectivity index (χ4v) is 4.21. The van der Waals surface area contributed by atoms with Gasteiger partial charge in [0.15, 0.2) is 0 Å². The number of hydrogen-bond donors (Lipinski definition) is 1. The second-order valence-electron chi connectivity index (χ2n) is 6.96. The van der Waals surface area contributed by atoms with Crippen molar-refractivity contribution < 1.29 is 9.59 Å². The smallest absolute Gasteiger partial charge is 0.245 e. The van der Waals surface area contributed by atoms with Crippen molar-refractivity contribution in [1.82, 2.24) is 10.2 Å². The Labute approximate surface area is 175 Å². The van der Waals surface area contributed by atoms with Crippen LogP contribution in [0.1, 0.15) is 24.0 Å². The van der Waals surface area contributed by atoms with E-state index in [-0.39, 0.29) is 11.8 Å². The molecule has 3 rings (SSSR count). The molecule has 1 aliphatic heterocycles. The molecule has 0 bridgehead atoms. The summed E-state index contributed by atoms with van der Waals surface area (Å²) in [6, 6.07) is 17.0. The average molecular weight is 417 g/mol. The van der Waals surface area contributed by atoms with Gasteiger partial charge >= 0.3 is 0 Å². The Morgan fingerprint density at radius 2 is 1.68 bits per heavy atom. The lowest BCUT2D eigenvalue weighted by molar-refractivity contribution is -0.135. The molecule has 0 saturated carbocycles. The minimum absolute atomic E-state index is 0.0254. The molecule has 0 aliphatic carbocycles. The van der Waals surface area contributed by atoms with E-state index >= 15 is 0 Å². The first-order valence-corrected chi connectivity index (χ1v) is 11.1. The lowest BCUT2D eigenvalue weighted by Crippen LogP contribution is -2.49. The Morgan fingerprint density at radius 1 is 1.00 bits per heavy atom. The number of rotatable bonds is 8. The molecule has 2 aromatic rings. The minimum Gasteiger partial charge on any atom is -0.343 e. The van der Waals surface area contributed by atoms with Crippen LogP contribution in [0.4, 0.5) is 0 Å². The zero-order valence-corrected chi connectivity index (χ0v) is 17.3. The Bertz CT molecular complexity index is 777. The van der Waals surface area contributed by atoms with Gasteiger partial charge in [0.1, 0.15) is 6.04 Å². The lowest BCUT2D eigenvalue weighted by Gasteiger charge is -2.24. The highest BCUT2D eigenvalue weighted by Gasteiger charge is 2.27. The van der Waals surface area contributed by atoms with E-state index in [2.05, 4.69) is 5.32 Å². The van der Waals surface area contributed by atoms with E-state index in [4.69, 9.17) is 11.6 Å². The molecule has 0 aromatic heterocycles. The standard InChI is InChI=1S/C22H25ClN2O2S/c23-19-10-8-18(9-11-19)15-28-16-21(26)24-20(14-17-6-2-1-3-7-17)22(27)25-12-4-5-13-25/h1-3,6-11,20H,4-5,12-16H2,(H,24,26). The number of thioether (sulfide) groups is 1. The molecule has 1 unspecified atom stereocenters. The van der Waals surface area contributed by atoms with Gasteiger partial charge in [-0.2, -0.15) is 0 Å². The quantitative estimate of drug-likeness (QED) is 0.709. The fourth-order valence-electron chi connectivity index (χ4n) is 3.29. The number of carbonyl (C=O) groups is 2. The number of nitrogens with zero attached hydrogens (tertiary/aromatic N) is 1. The topological polar surface area (TPSA) is 49.4 Å². The van der Waals surface area contributed by atoms with Gasteiger partial charge < -0.3 is 10.2 Å². The van der Waals surface area contributed by atoms with Crippen LogP contribution < -0.4 is 5.32 Å². The Hall–Kier alpha value is -1.98. The molecule has 0 radical (unpaired) electrons. The number of benzene rings is 2. The number of likely N-dealkylation sites (tertiary alicyclic amines) is 1. The summed E-state index contributed by atoms with van der Waals surface area (Å²) < 4.78 is 0. The van der Waals surface area contributed by atoms with Crippen LogP contribution in [0.25, 0.3) is 0 Å². The maximum absolute atomic E-state index is 12.9. The molecule has 1 atom stereocenters. The van der Waals surface area contributed by atoms with Gasteiger partial charge in [-0.25, -0.2) is 0 Å². The third kappa shape index (κ3) is 6.28. The van der Waals surface area contributed by atoms with Crippen molar-refractivity contribution in [1.29, 1.82) is 0 Å². The van der Waals surface area contributed by atoms with E-state index in [1.807, 2.05) is 59.5 Å². The maximum Gasteiger partial charge on any atom is 0.245 e. The fraction of sp³-hybridized carbons (Fsp3) is 0.364. The van der Waals surface area contributed by atoms with Crippen LogP contribution in [0.5, 0.6) is 0 Å². The van der Waals surface area contributed by atoms with Gasteiger partial charge in [-0.15, -0.1) is 11.8 Å². The van der Waals surface area contributed by atoms with E-state index in [9.17, 15) is 9.59 Å². The Morgan fingerprint density at radius 3 is 2.36 bits per heavy atom. The molecule has 1 aliphatic rings. The van der Waals surface area contributed by atoms with Gasteiger partial charge in [0.2, 0.25) is 11.8 Å². The summed E-state index contributed by atoms with van der Waals surface area (Å²) in [7, 11) is 0. The highest BCUT2D eigenvalue weighted by molar-refractivity contribution is 7.99. The van der Waals surface area contributed by atoms with Gasteiger partial charge in [0.05, 0.1) is 5.75 Å². The highest BCUT2D eigenvalue weighted by atomic mass is 35.5. The zero-order chi connectivity index (χ0) is 19.8. The Kier molecular flexibility index (Phi) is 7.80. The summed E-state index contributed by atoms with van der Waals surface area (Å²) in [6.07, 6.45) is 2.59. The van der Waals surface area contributed by atoms with Gasteiger partial charge in [0.25, 0.3) is 0 Å². The minimum atomic E-state index is -0.510. The monoisotopic (exact) mass is 416 g/mol. The van der Waals surface area contributed by atoms with Crippen LogP contribution in [0.15, 0.2) is 54.6 Å². The highest BCUT2D eigenvalue weighted by Crippen LogP contribution is 2.16. The first-order chi connectivity index (χ1) is 13.6. The third-order valence-electron chi connectivity index (χ3n) is 4.75. The van der Waals surface area contributed by atoms with Gasteiger partial charge in [0, 0.05) is 30.3 Å². The molecule has 1 fully saturated rings. The summed E-state index contributed by atoms with van der Waals surface area (Å²) in [5.74, 6) is 0.972. The molecule has 2 amide bonds. The van der Waals surface area contributed by atoms with Crippen molar-refractivity contribution in [2.75, 3.05) is 18.8 Å². The van der Waals surface area contributed by atoms with E-state index in [0.29, 0.717) is 17.2 Å². The number of carbonyl (C=O) groups excluding carboxylic acids is 2. The van der Waals surface area contributed by atoms with Crippen LogP contribution in [-0.2, 0) is 21.8 Å². The predicted molar refractivity (Wildman–Crippen MR) is 116 cm³/mol. The molecular weight excluding hydrogens is 392 g/mol. The van der Waals surface area contributed by atoms with Crippen molar-refractivity contribution in [2.45, 2.75) is 31.1 Å². The molecule has 1 heterocycles. The first kappa shape index (κ1) is 20.7. The lowest BCUT2D eigenvalue weighted by atomic mass is 10.0. The summed E-state index contributed by atoms with van der Waals surface area (Å²) in [6.45, 7) is 1.57. The average Bonchev–Trinajstić information content (AvgIpc) is 3.24. The van der Waals surface area contributed by atoms with Crippen molar-refractivity contribution in [3.63, 3.8) is 0 Å². The van der Waals surface area contributed by atoms with Crippen molar-refractivity contribution in [3.05, 3.63) is 70.7 Å². The molecule has 1 saturated heterocycles. The number of amides is 2. The van der Waals surface area contributed by atoms with E-state index in [1.54, 1.807) is 0 Å². The van der Waals surface area contributed by atoms with E-state index in [0.717, 1.165) is 42.8 Å². The van der Waals surface area contributed by atoms with Crippen molar-refractivity contribution in [3.8, 4) is 0 Å². The molecule has 4 nitrogen and oxygen atoms in total. The summed E-state index contributed by atoms with van der Waals surface area (Å²) in [4.78, 5) is 27.3. The Balaban J connectivity index is 1.55. The molecule has 148 valence electrons. The maximum atomic E-state index is 12.9. The molecule has 28 heavy (non-hydrogen) atoms. The first-order valence-electron chi connectivity index (χ1n) is 9.56. The van der Waals surface area contributed by atoms with Crippen LogP contribution in [0.3, 0.4) is 0 Å². The van der Waals surface area contributed by atoms with E-state index in [1.165, 1.54) is 11.8 Å². The normalized spacial score (nSPS) is 14.7. The zero-order valence-electron chi connectivity index (χ0n) is 15.8. The van der Waals surface area contributed by atoms with Gasteiger partial charge in [-0.1, -0.05) is 54.1 Å². The van der Waals surface area contributed by atoms with Crippen LogP contribution in [0, 0.1) is 0 Å². The van der Waals surface area contributed by atoms with Gasteiger partial charge in [-0.3, -0.25) is 9.59 Å². The molecule has 2 aromatic carbocycles. The second-order valence-corrected chi connectivity index (χ2v) is 8.38. The number of nitrogens with one attached hydrogen (secondary N) is 1. The van der Waals surface area contributed by atoms with E-state index < -0.39 is 6.04 Å².